The molecule has 1 heterocycles. The van der Waals surface area contributed by atoms with Gasteiger partial charge in [-0.15, -0.1) is 0 Å². The number of hydrogen-bond donors (Lipinski definition) is 1. The Bertz CT molecular complexity index is 989. The van der Waals surface area contributed by atoms with Gasteiger partial charge >= 0.3 is 0 Å². The van der Waals surface area contributed by atoms with Gasteiger partial charge in [-0.25, -0.2) is 8.78 Å². The van der Waals surface area contributed by atoms with Crippen molar-refractivity contribution in [3.05, 3.63) is 64.9 Å². The second kappa shape index (κ2) is 7.75. The summed E-state index contributed by atoms with van der Waals surface area (Å²) in [4.78, 5) is 12.6. The van der Waals surface area contributed by atoms with Crippen molar-refractivity contribution in [3.63, 3.8) is 0 Å². The maximum atomic E-state index is 13.1. The molecule has 0 bridgehead atoms. The van der Waals surface area contributed by atoms with Gasteiger partial charge in [0.05, 0.1) is 17.7 Å². The van der Waals surface area contributed by atoms with E-state index in [0.717, 1.165) is 5.56 Å². The molecule has 0 spiro atoms. The fourth-order valence-corrected chi connectivity index (χ4v) is 2.90. The van der Waals surface area contributed by atoms with Crippen LogP contribution in [0.25, 0.3) is 11.1 Å². The van der Waals surface area contributed by atoms with E-state index in [1.54, 1.807) is 42.5 Å². The first-order chi connectivity index (χ1) is 12.9. The number of ether oxygens (including phenoxy) is 1. The monoisotopic (exact) mass is 391 g/mol. The number of halogens is 3. The van der Waals surface area contributed by atoms with Crippen LogP contribution in [0.5, 0.6) is 5.75 Å². The number of hydrogen-bond acceptors (Lipinski definition) is 3. The zero-order valence-electron chi connectivity index (χ0n) is 14.5. The van der Waals surface area contributed by atoms with E-state index < -0.39 is 18.0 Å². The number of methoxy groups -OCH3 is 1. The van der Waals surface area contributed by atoms with Crippen molar-refractivity contribution >= 4 is 23.2 Å². The number of rotatable bonds is 5. The lowest BCUT2D eigenvalue weighted by molar-refractivity contribution is 0.101. The predicted molar refractivity (Wildman–Crippen MR) is 99.6 cm³/mol. The molecule has 3 aromatic rings. The average Bonchev–Trinajstić information content (AvgIpc) is 3.05. The number of amides is 1. The molecule has 0 radical (unpaired) electrons. The summed E-state index contributed by atoms with van der Waals surface area (Å²) in [5.74, 6) is -0.172. The van der Waals surface area contributed by atoms with E-state index >= 15 is 0 Å². The standard InChI is InChI=1S/C19H16ClF2N3O2/c1-25-10-13(17(24-25)18(21)22)19(26)23-15-6-4-3-5-12(15)11-7-8-14(20)16(9-11)27-2/h3-10,18H,1-2H3,(H,23,26). The highest BCUT2D eigenvalue weighted by Crippen LogP contribution is 2.34. The minimum absolute atomic E-state index is 0.170. The van der Waals surface area contributed by atoms with Gasteiger partial charge in [0.1, 0.15) is 11.4 Å². The number of nitrogens with zero attached hydrogens (tertiary/aromatic N) is 2. The van der Waals surface area contributed by atoms with Crippen molar-refractivity contribution in [2.24, 2.45) is 7.05 Å². The summed E-state index contributed by atoms with van der Waals surface area (Å²) in [7, 11) is 2.99. The van der Waals surface area contributed by atoms with Crippen molar-refractivity contribution in [1.82, 2.24) is 9.78 Å². The Hall–Kier alpha value is -2.93. The minimum atomic E-state index is -2.84. The summed E-state index contributed by atoms with van der Waals surface area (Å²) in [5, 5.41) is 6.81. The van der Waals surface area contributed by atoms with Crippen LogP contribution in [-0.4, -0.2) is 22.8 Å². The van der Waals surface area contributed by atoms with Gasteiger partial charge in [-0.1, -0.05) is 35.9 Å². The molecule has 8 heteroatoms. The van der Waals surface area contributed by atoms with Crippen molar-refractivity contribution in [1.29, 1.82) is 0 Å². The van der Waals surface area contributed by atoms with Gasteiger partial charge in [0.15, 0.2) is 0 Å². The van der Waals surface area contributed by atoms with Crippen LogP contribution >= 0.6 is 11.6 Å². The first-order valence-electron chi connectivity index (χ1n) is 7.96. The summed E-state index contributed by atoms with van der Waals surface area (Å²) in [6.45, 7) is 0. The van der Waals surface area contributed by atoms with E-state index in [1.807, 2.05) is 0 Å². The lowest BCUT2D eigenvalue weighted by Gasteiger charge is -2.13. The van der Waals surface area contributed by atoms with Gasteiger partial charge in [0, 0.05) is 24.5 Å². The maximum absolute atomic E-state index is 13.1. The molecule has 1 aromatic heterocycles. The molecule has 0 unspecified atom stereocenters. The Labute approximate surface area is 159 Å². The second-order valence-electron chi connectivity index (χ2n) is 5.75. The summed E-state index contributed by atoms with van der Waals surface area (Å²) >= 11 is 6.06. The van der Waals surface area contributed by atoms with Crippen LogP contribution in [0.3, 0.4) is 0 Å². The Kier molecular flexibility index (Phi) is 5.41. The molecular formula is C19H16ClF2N3O2. The van der Waals surface area contributed by atoms with Crippen molar-refractivity contribution in [2.75, 3.05) is 12.4 Å². The first-order valence-corrected chi connectivity index (χ1v) is 8.34. The maximum Gasteiger partial charge on any atom is 0.282 e. The minimum Gasteiger partial charge on any atom is -0.495 e. The molecule has 0 aliphatic heterocycles. The zero-order valence-corrected chi connectivity index (χ0v) is 15.3. The molecule has 0 saturated carbocycles. The van der Waals surface area contributed by atoms with Gasteiger partial charge < -0.3 is 10.1 Å². The smallest absolute Gasteiger partial charge is 0.282 e. The van der Waals surface area contributed by atoms with Gasteiger partial charge in [-0.2, -0.15) is 5.10 Å². The number of carbonyl (C=O) groups is 1. The van der Waals surface area contributed by atoms with Crippen molar-refractivity contribution in [3.8, 4) is 16.9 Å². The van der Waals surface area contributed by atoms with E-state index in [-0.39, 0.29) is 5.56 Å². The highest BCUT2D eigenvalue weighted by molar-refractivity contribution is 6.32. The van der Waals surface area contributed by atoms with E-state index in [9.17, 15) is 13.6 Å². The van der Waals surface area contributed by atoms with Crippen LogP contribution in [0.15, 0.2) is 48.7 Å². The van der Waals surface area contributed by atoms with Crippen LogP contribution in [0.2, 0.25) is 5.02 Å². The molecule has 1 N–H and O–H groups in total. The molecule has 0 aliphatic carbocycles. The van der Waals surface area contributed by atoms with Crippen LogP contribution in [-0.2, 0) is 7.05 Å². The normalized spacial score (nSPS) is 10.9. The molecule has 27 heavy (non-hydrogen) atoms. The number of anilines is 1. The molecule has 140 valence electrons. The van der Waals surface area contributed by atoms with E-state index in [0.29, 0.717) is 22.0 Å². The van der Waals surface area contributed by atoms with Gasteiger partial charge in [-0.05, 0) is 23.8 Å². The summed E-state index contributed by atoms with van der Waals surface area (Å²) in [5.41, 5.74) is 1.20. The molecule has 3 rings (SSSR count). The SMILES string of the molecule is COc1cc(-c2ccccc2NC(=O)c2cn(C)nc2C(F)F)ccc1Cl. The molecule has 0 fully saturated rings. The number of nitrogens with one attached hydrogen (secondary N) is 1. The molecule has 0 saturated heterocycles. The van der Waals surface area contributed by atoms with Crippen molar-refractivity contribution < 1.29 is 18.3 Å². The molecule has 2 aromatic carbocycles. The van der Waals surface area contributed by atoms with E-state index in [2.05, 4.69) is 10.4 Å². The van der Waals surface area contributed by atoms with Crippen LogP contribution < -0.4 is 10.1 Å². The van der Waals surface area contributed by atoms with Crippen LogP contribution in [0, 0.1) is 0 Å². The lowest BCUT2D eigenvalue weighted by atomic mass is 10.0. The number of benzene rings is 2. The molecule has 0 aliphatic rings. The predicted octanol–water partition coefficient (Wildman–Crippen LogP) is 4.94. The fourth-order valence-electron chi connectivity index (χ4n) is 2.70. The lowest BCUT2D eigenvalue weighted by Crippen LogP contribution is -2.14. The van der Waals surface area contributed by atoms with Gasteiger partial charge in [0.2, 0.25) is 0 Å². The Morgan fingerprint density at radius 1 is 1.26 bits per heavy atom. The van der Waals surface area contributed by atoms with Crippen LogP contribution in [0.1, 0.15) is 22.5 Å². The largest absolute Gasteiger partial charge is 0.495 e. The zero-order chi connectivity index (χ0) is 19.6. The quantitative estimate of drug-likeness (QED) is 0.670. The number of aromatic nitrogens is 2. The molecule has 1 amide bonds. The number of carbonyl (C=O) groups excluding carboxylic acids is 1. The molecule has 5 nitrogen and oxygen atoms in total. The van der Waals surface area contributed by atoms with E-state index in [4.69, 9.17) is 16.3 Å². The average molecular weight is 392 g/mol. The number of aryl methyl sites for hydroxylation is 1. The first kappa shape index (κ1) is 18.8. The van der Waals surface area contributed by atoms with Crippen molar-refractivity contribution in [2.45, 2.75) is 6.43 Å². The van der Waals surface area contributed by atoms with Crippen LogP contribution in [0.4, 0.5) is 14.5 Å². The highest BCUT2D eigenvalue weighted by atomic mass is 35.5. The molecule has 0 atom stereocenters. The van der Waals surface area contributed by atoms with E-state index in [1.165, 1.54) is 25.0 Å². The van der Waals surface area contributed by atoms with Gasteiger partial charge in [0.25, 0.3) is 12.3 Å². The highest BCUT2D eigenvalue weighted by Gasteiger charge is 2.23. The summed E-state index contributed by atoms with van der Waals surface area (Å²) < 4.78 is 32.7. The summed E-state index contributed by atoms with van der Waals surface area (Å²) in [6.07, 6.45) is -1.58. The van der Waals surface area contributed by atoms with Gasteiger partial charge in [-0.3, -0.25) is 9.48 Å². The third kappa shape index (κ3) is 3.93. The Morgan fingerprint density at radius 2 is 2.00 bits per heavy atom. The Balaban J connectivity index is 1.97. The summed E-state index contributed by atoms with van der Waals surface area (Å²) in [6, 6.07) is 12.2. The second-order valence-corrected chi connectivity index (χ2v) is 6.16. The third-order valence-electron chi connectivity index (χ3n) is 3.95. The Morgan fingerprint density at radius 3 is 2.70 bits per heavy atom. The molecular weight excluding hydrogens is 376 g/mol. The topological polar surface area (TPSA) is 56.1 Å². The number of para-hydroxylation sites is 1. The fraction of sp³-hybridized carbons (Fsp3) is 0.158. The number of alkyl halides is 2. The third-order valence-corrected chi connectivity index (χ3v) is 4.26.